The molecule has 0 spiro atoms. The lowest BCUT2D eigenvalue weighted by Gasteiger charge is -2.34. The Bertz CT molecular complexity index is 275. The van der Waals surface area contributed by atoms with Crippen LogP contribution in [0.1, 0.15) is 48.0 Å². The van der Waals surface area contributed by atoms with Gasteiger partial charge in [0.15, 0.2) is 0 Å². The topological polar surface area (TPSA) is 27.7 Å². The van der Waals surface area contributed by atoms with Crippen molar-refractivity contribution in [1.29, 1.82) is 0 Å². The van der Waals surface area contributed by atoms with Crippen molar-refractivity contribution >= 4 is 0 Å². The molecule has 5 atom stereocenters. The summed E-state index contributed by atoms with van der Waals surface area (Å²) in [5.74, 6) is 1.18. The van der Waals surface area contributed by atoms with Gasteiger partial charge in [-0.3, -0.25) is 0 Å². The minimum absolute atomic E-state index is 0.196. The van der Waals surface area contributed by atoms with Gasteiger partial charge in [0.05, 0.1) is 31.0 Å². The average Bonchev–Trinajstić information content (AvgIpc) is 2.62. The number of ether oxygens (including phenoxy) is 3. The molecule has 0 aromatic rings. The second-order valence-electron chi connectivity index (χ2n) is 6.61. The highest BCUT2D eigenvalue weighted by molar-refractivity contribution is 5.10. The van der Waals surface area contributed by atoms with Crippen LogP contribution >= 0.6 is 0 Å². The summed E-state index contributed by atoms with van der Waals surface area (Å²) in [6.07, 6.45) is 2.03. The molecule has 3 heteroatoms. The van der Waals surface area contributed by atoms with Crippen LogP contribution in [0.5, 0.6) is 0 Å². The van der Waals surface area contributed by atoms with Gasteiger partial charge >= 0.3 is 0 Å². The van der Waals surface area contributed by atoms with Gasteiger partial charge in [0.25, 0.3) is 0 Å². The molecular weight excluding hydrogens is 228 g/mol. The molecule has 1 aliphatic heterocycles. The molecule has 3 nitrogen and oxygen atoms in total. The van der Waals surface area contributed by atoms with Gasteiger partial charge in [-0.1, -0.05) is 6.92 Å². The van der Waals surface area contributed by atoms with Crippen LogP contribution in [0.2, 0.25) is 0 Å². The highest BCUT2D eigenvalue weighted by Gasteiger charge is 2.62. The van der Waals surface area contributed by atoms with Crippen LogP contribution in [0.25, 0.3) is 0 Å². The van der Waals surface area contributed by atoms with E-state index in [0.29, 0.717) is 18.4 Å². The molecule has 0 N–H and O–H groups in total. The number of rotatable bonds is 5. The summed E-state index contributed by atoms with van der Waals surface area (Å²) in [7, 11) is 0. The molecule has 106 valence electrons. The van der Waals surface area contributed by atoms with Crippen LogP contribution in [0, 0.1) is 11.8 Å². The summed E-state index contributed by atoms with van der Waals surface area (Å²) in [6, 6.07) is 0. The van der Waals surface area contributed by atoms with E-state index in [-0.39, 0.29) is 30.0 Å². The Morgan fingerprint density at radius 2 is 1.83 bits per heavy atom. The van der Waals surface area contributed by atoms with E-state index >= 15 is 0 Å². The van der Waals surface area contributed by atoms with Crippen molar-refractivity contribution in [2.24, 2.45) is 11.8 Å². The molecule has 18 heavy (non-hydrogen) atoms. The van der Waals surface area contributed by atoms with Gasteiger partial charge in [-0.25, -0.2) is 0 Å². The summed E-state index contributed by atoms with van der Waals surface area (Å²) >= 11 is 0. The molecule has 1 unspecified atom stereocenters. The maximum absolute atomic E-state index is 6.23. The van der Waals surface area contributed by atoms with E-state index in [1.165, 1.54) is 0 Å². The van der Waals surface area contributed by atoms with E-state index in [1.807, 2.05) is 0 Å². The third-order valence-electron chi connectivity index (χ3n) is 4.24. The Morgan fingerprint density at radius 1 is 1.17 bits per heavy atom. The molecule has 0 amide bonds. The molecule has 2 fully saturated rings. The van der Waals surface area contributed by atoms with Crippen molar-refractivity contribution < 1.29 is 14.2 Å². The Hall–Kier alpha value is -0.120. The van der Waals surface area contributed by atoms with E-state index in [2.05, 4.69) is 41.5 Å². The van der Waals surface area contributed by atoms with E-state index < -0.39 is 0 Å². The predicted octanol–water partition coefficient (Wildman–Crippen LogP) is 3.02. The first-order valence-corrected chi connectivity index (χ1v) is 7.30. The van der Waals surface area contributed by atoms with Gasteiger partial charge in [0.2, 0.25) is 0 Å². The molecule has 2 bridgehead atoms. The molecule has 1 saturated heterocycles. The zero-order valence-corrected chi connectivity index (χ0v) is 12.6. The quantitative estimate of drug-likeness (QED) is 0.757. The van der Waals surface area contributed by atoms with Crippen molar-refractivity contribution in [1.82, 2.24) is 0 Å². The van der Waals surface area contributed by atoms with Gasteiger partial charge in [-0.2, -0.15) is 0 Å². The van der Waals surface area contributed by atoms with E-state index in [9.17, 15) is 0 Å². The molecule has 2 aliphatic rings. The lowest BCUT2D eigenvalue weighted by Crippen LogP contribution is -2.44. The van der Waals surface area contributed by atoms with Crippen molar-refractivity contribution in [2.75, 3.05) is 6.61 Å². The molecule has 0 aromatic heterocycles. The largest absolute Gasteiger partial charge is 0.376 e. The Labute approximate surface area is 111 Å². The smallest absolute Gasteiger partial charge is 0.118 e. The summed E-state index contributed by atoms with van der Waals surface area (Å²) in [5.41, 5.74) is -0.210. The zero-order chi connectivity index (χ0) is 13.5. The molecule has 0 aromatic carbocycles. The maximum Gasteiger partial charge on any atom is 0.118 e. The Morgan fingerprint density at radius 3 is 2.33 bits per heavy atom. The van der Waals surface area contributed by atoms with E-state index in [4.69, 9.17) is 14.2 Å². The lowest BCUT2D eigenvalue weighted by atomic mass is 9.92. The molecule has 1 heterocycles. The van der Waals surface area contributed by atoms with Gasteiger partial charge in [-0.05, 0) is 47.0 Å². The second-order valence-corrected chi connectivity index (χ2v) is 6.61. The number of hydrogen-bond acceptors (Lipinski definition) is 3. The summed E-state index contributed by atoms with van der Waals surface area (Å²) in [5, 5.41) is 0. The van der Waals surface area contributed by atoms with Gasteiger partial charge in [0, 0.05) is 5.92 Å². The fourth-order valence-corrected chi connectivity index (χ4v) is 3.71. The van der Waals surface area contributed by atoms with Gasteiger partial charge in [0.1, 0.15) is 5.60 Å². The first-order chi connectivity index (χ1) is 8.35. The van der Waals surface area contributed by atoms with Crippen LogP contribution < -0.4 is 0 Å². The van der Waals surface area contributed by atoms with Crippen LogP contribution in [0.4, 0.5) is 0 Å². The van der Waals surface area contributed by atoms with Crippen LogP contribution in [-0.4, -0.2) is 36.6 Å². The van der Waals surface area contributed by atoms with E-state index in [1.54, 1.807) is 0 Å². The summed E-state index contributed by atoms with van der Waals surface area (Å²) in [6.45, 7) is 13.5. The normalized spacial score (nSPS) is 43.3. The van der Waals surface area contributed by atoms with Gasteiger partial charge in [-0.15, -0.1) is 0 Å². The minimum atomic E-state index is -0.210. The van der Waals surface area contributed by atoms with Crippen molar-refractivity contribution in [3.63, 3.8) is 0 Å². The third kappa shape index (κ3) is 2.45. The van der Waals surface area contributed by atoms with Gasteiger partial charge < -0.3 is 14.2 Å². The summed E-state index contributed by atoms with van der Waals surface area (Å²) < 4.78 is 18.3. The standard InChI is InChI=1S/C15H28O3/c1-9(2)16-8-15-7-11(5)13(12(6)18-15)14(15)17-10(3)4/h9-14H,7-8H2,1-6H3/t11?,12-,13-,14-,15+/m0/s1. The predicted molar refractivity (Wildman–Crippen MR) is 71.6 cm³/mol. The average molecular weight is 256 g/mol. The SMILES string of the molecule is CC(C)OC[C@@]12CC(C)[C@@H]([C@H](C)O1)[C@@H]2OC(C)C. The fraction of sp³-hybridized carbons (Fsp3) is 1.00. The van der Waals surface area contributed by atoms with Crippen LogP contribution in [0.15, 0.2) is 0 Å². The van der Waals surface area contributed by atoms with Crippen molar-refractivity contribution in [3.8, 4) is 0 Å². The zero-order valence-electron chi connectivity index (χ0n) is 12.6. The molecule has 2 rings (SSSR count). The third-order valence-corrected chi connectivity index (χ3v) is 4.24. The highest BCUT2D eigenvalue weighted by atomic mass is 16.6. The molecular formula is C15H28O3. The molecule has 1 aliphatic carbocycles. The van der Waals surface area contributed by atoms with Crippen molar-refractivity contribution in [3.05, 3.63) is 0 Å². The number of fused-ring (bicyclic) bond motifs is 2. The first kappa shape index (κ1) is 14.3. The lowest BCUT2D eigenvalue weighted by molar-refractivity contribution is -0.155. The van der Waals surface area contributed by atoms with Crippen LogP contribution in [0.3, 0.4) is 0 Å². The minimum Gasteiger partial charge on any atom is -0.376 e. The first-order valence-electron chi connectivity index (χ1n) is 7.30. The fourth-order valence-electron chi connectivity index (χ4n) is 3.71. The number of hydrogen-bond donors (Lipinski definition) is 0. The molecule has 0 radical (unpaired) electrons. The van der Waals surface area contributed by atoms with E-state index in [0.717, 1.165) is 6.42 Å². The Kier molecular flexibility index (Phi) is 4.05. The second kappa shape index (κ2) is 5.10. The highest BCUT2D eigenvalue weighted by Crippen LogP contribution is 2.53. The Balaban J connectivity index is 2.14. The van der Waals surface area contributed by atoms with Crippen LogP contribution in [-0.2, 0) is 14.2 Å². The maximum atomic E-state index is 6.23. The van der Waals surface area contributed by atoms with Crippen molar-refractivity contribution in [2.45, 2.75) is 78.0 Å². The summed E-state index contributed by atoms with van der Waals surface area (Å²) in [4.78, 5) is 0. The molecule has 1 saturated carbocycles. The monoisotopic (exact) mass is 256 g/mol.